The zero-order valence-corrected chi connectivity index (χ0v) is 13.6. The molecule has 1 aromatic carbocycles. The van der Waals surface area contributed by atoms with Crippen molar-refractivity contribution in [2.45, 2.75) is 63.9 Å². The SMILES string of the molecule is [B]c1ccc2c(c1)NC(C1[C@H]3CC[C@H](C3)N1OC(C)(C)C)N2. The number of nitrogens with one attached hydrogen (secondary N) is 2. The van der Waals surface area contributed by atoms with Crippen molar-refractivity contribution in [1.82, 2.24) is 5.06 Å². The van der Waals surface area contributed by atoms with E-state index in [2.05, 4.69) is 42.5 Å². The molecule has 2 bridgehead atoms. The lowest BCUT2D eigenvalue weighted by Gasteiger charge is -2.41. The zero-order valence-electron chi connectivity index (χ0n) is 13.6. The van der Waals surface area contributed by atoms with E-state index >= 15 is 0 Å². The number of piperidine rings is 1. The number of anilines is 2. The number of nitrogens with zero attached hydrogens (tertiary/aromatic N) is 1. The van der Waals surface area contributed by atoms with Crippen LogP contribution in [0.1, 0.15) is 40.0 Å². The first kappa shape index (κ1) is 14.4. The fraction of sp³-hybridized carbons (Fsp3) is 0.647. The molecule has 4 nitrogen and oxygen atoms in total. The van der Waals surface area contributed by atoms with Gasteiger partial charge >= 0.3 is 0 Å². The summed E-state index contributed by atoms with van der Waals surface area (Å²) in [6.45, 7) is 6.38. The van der Waals surface area contributed by atoms with Crippen LogP contribution in [0.4, 0.5) is 11.4 Å². The smallest absolute Gasteiger partial charge is 0.115 e. The van der Waals surface area contributed by atoms with Gasteiger partial charge in [0.1, 0.15) is 14.0 Å². The van der Waals surface area contributed by atoms with Gasteiger partial charge in [0.2, 0.25) is 0 Å². The topological polar surface area (TPSA) is 36.5 Å². The van der Waals surface area contributed by atoms with Crippen molar-refractivity contribution in [2.24, 2.45) is 5.92 Å². The summed E-state index contributed by atoms with van der Waals surface area (Å²) in [7, 11) is 5.90. The second-order valence-electron chi connectivity index (χ2n) is 7.85. The molecule has 2 N–H and O–H groups in total. The normalized spacial score (nSPS) is 33.6. The van der Waals surface area contributed by atoms with Crippen LogP contribution in [0.2, 0.25) is 0 Å². The molecule has 2 heterocycles. The Morgan fingerprint density at radius 1 is 1.18 bits per heavy atom. The summed E-state index contributed by atoms with van der Waals surface area (Å²) in [5, 5.41) is 9.49. The molecule has 0 amide bonds. The van der Waals surface area contributed by atoms with Gasteiger partial charge in [0.25, 0.3) is 0 Å². The predicted molar refractivity (Wildman–Crippen MR) is 90.5 cm³/mol. The van der Waals surface area contributed by atoms with Gasteiger partial charge in [0.15, 0.2) is 0 Å². The Hall–Kier alpha value is -1.20. The minimum absolute atomic E-state index is 0.154. The minimum atomic E-state index is -0.154. The molecule has 4 rings (SSSR count). The Bertz CT molecular complexity index is 586. The maximum absolute atomic E-state index is 6.31. The molecule has 2 unspecified atom stereocenters. The van der Waals surface area contributed by atoms with E-state index in [1.165, 1.54) is 19.3 Å². The number of hydrogen-bond acceptors (Lipinski definition) is 4. The number of fused-ring (bicyclic) bond motifs is 3. The Morgan fingerprint density at radius 2 is 1.95 bits per heavy atom. The molecule has 1 aliphatic carbocycles. The predicted octanol–water partition coefficient (Wildman–Crippen LogP) is 2.23. The van der Waals surface area contributed by atoms with E-state index in [9.17, 15) is 0 Å². The van der Waals surface area contributed by atoms with Crippen molar-refractivity contribution < 1.29 is 4.84 Å². The molecule has 3 aliphatic rings. The van der Waals surface area contributed by atoms with Gasteiger partial charge in [0, 0.05) is 6.04 Å². The standard InChI is InChI=1S/C17H24BN3O/c1-17(2,3)22-21-12-6-4-10(8-12)15(21)16-19-13-7-5-11(18)9-14(13)20-16/h5,7,9-10,12,15-16,19-20H,4,6,8H2,1-3H3/t10-,12+,15?,16?/m0/s1. The molecule has 1 saturated heterocycles. The van der Waals surface area contributed by atoms with Crippen LogP contribution in [0.5, 0.6) is 0 Å². The van der Waals surface area contributed by atoms with Crippen molar-refractivity contribution in [3.05, 3.63) is 18.2 Å². The quantitative estimate of drug-likeness (QED) is 0.821. The molecule has 2 radical (unpaired) electrons. The first-order valence-electron chi connectivity index (χ1n) is 8.31. The lowest BCUT2D eigenvalue weighted by molar-refractivity contribution is -0.264. The first-order chi connectivity index (χ1) is 10.4. The molecule has 1 aromatic rings. The number of hydroxylamine groups is 2. The Kier molecular flexibility index (Phi) is 3.21. The van der Waals surface area contributed by atoms with Crippen molar-refractivity contribution in [2.75, 3.05) is 10.6 Å². The number of hydrogen-bond donors (Lipinski definition) is 2. The van der Waals surface area contributed by atoms with E-state index in [-0.39, 0.29) is 11.8 Å². The van der Waals surface area contributed by atoms with Gasteiger partial charge in [-0.3, -0.25) is 4.84 Å². The highest BCUT2D eigenvalue weighted by atomic mass is 16.7. The highest BCUT2D eigenvalue weighted by Crippen LogP contribution is 2.46. The summed E-state index contributed by atoms with van der Waals surface area (Å²) in [6.07, 6.45) is 4.00. The average molecular weight is 297 g/mol. The van der Waals surface area contributed by atoms with E-state index in [1.54, 1.807) is 0 Å². The Balaban J connectivity index is 1.57. The van der Waals surface area contributed by atoms with Crippen LogP contribution in [0, 0.1) is 5.92 Å². The van der Waals surface area contributed by atoms with Gasteiger partial charge < -0.3 is 10.6 Å². The molecular weight excluding hydrogens is 273 g/mol. The van der Waals surface area contributed by atoms with E-state index in [0.717, 1.165) is 16.8 Å². The third-order valence-electron chi connectivity index (χ3n) is 4.97. The Labute approximate surface area is 134 Å². The molecule has 1 saturated carbocycles. The van der Waals surface area contributed by atoms with Crippen LogP contribution < -0.4 is 16.1 Å². The van der Waals surface area contributed by atoms with Gasteiger partial charge in [-0.1, -0.05) is 11.5 Å². The monoisotopic (exact) mass is 297 g/mol. The molecule has 116 valence electrons. The fourth-order valence-electron chi connectivity index (χ4n) is 4.20. The van der Waals surface area contributed by atoms with Gasteiger partial charge in [-0.25, -0.2) is 0 Å². The van der Waals surface area contributed by atoms with Gasteiger partial charge in [-0.05, 0) is 58.1 Å². The molecular formula is C17H24BN3O. The van der Waals surface area contributed by atoms with Crippen LogP contribution in [0.15, 0.2) is 18.2 Å². The molecule has 0 aromatic heterocycles. The Morgan fingerprint density at radius 3 is 2.73 bits per heavy atom. The van der Waals surface area contributed by atoms with Crippen LogP contribution in [-0.4, -0.2) is 36.8 Å². The molecule has 22 heavy (non-hydrogen) atoms. The maximum atomic E-state index is 6.31. The first-order valence-corrected chi connectivity index (χ1v) is 8.31. The third-order valence-corrected chi connectivity index (χ3v) is 4.97. The van der Waals surface area contributed by atoms with Crippen LogP contribution >= 0.6 is 0 Å². The molecule has 2 fully saturated rings. The highest BCUT2D eigenvalue weighted by molar-refractivity contribution is 6.32. The summed E-state index contributed by atoms with van der Waals surface area (Å²) < 4.78 is 0. The summed E-state index contributed by atoms with van der Waals surface area (Å²) in [5.74, 6) is 0.698. The van der Waals surface area contributed by atoms with E-state index in [1.807, 2.05) is 12.1 Å². The van der Waals surface area contributed by atoms with Crippen LogP contribution in [-0.2, 0) is 4.84 Å². The number of rotatable bonds is 2. The van der Waals surface area contributed by atoms with Crippen molar-refractivity contribution in [1.29, 1.82) is 0 Å². The van der Waals surface area contributed by atoms with Crippen molar-refractivity contribution >= 4 is 24.7 Å². The average Bonchev–Trinajstić information content (AvgIpc) is 3.09. The minimum Gasteiger partial charge on any atom is -0.362 e. The molecule has 4 atom stereocenters. The zero-order chi connectivity index (χ0) is 15.5. The third kappa shape index (κ3) is 2.40. The number of benzene rings is 1. The maximum Gasteiger partial charge on any atom is 0.115 e. The lowest BCUT2D eigenvalue weighted by Crippen LogP contribution is -2.54. The van der Waals surface area contributed by atoms with Crippen LogP contribution in [0.25, 0.3) is 0 Å². The van der Waals surface area contributed by atoms with Gasteiger partial charge in [0.05, 0.1) is 23.0 Å². The van der Waals surface area contributed by atoms with Crippen molar-refractivity contribution in [3.8, 4) is 0 Å². The summed E-state index contributed by atoms with van der Waals surface area (Å²) >= 11 is 0. The van der Waals surface area contributed by atoms with Crippen LogP contribution in [0.3, 0.4) is 0 Å². The van der Waals surface area contributed by atoms with Crippen molar-refractivity contribution in [3.63, 3.8) is 0 Å². The lowest BCUT2D eigenvalue weighted by atomic mass is 9.95. The molecule has 0 spiro atoms. The second-order valence-corrected chi connectivity index (χ2v) is 7.85. The largest absolute Gasteiger partial charge is 0.362 e. The fourth-order valence-corrected chi connectivity index (χ4v) is 4.20. The molecule has 5 heteroatoms. The summed E-state index contributed by atoms with van der Waals surface area (Å²) in [6, 6.07) is 6.93. The molecule has 2 aliphatic heterocycles. The summed E-state index contributed by atoms with van der Waals surface area (Å²) in [5.41, 5.74) is 2.88. The van der Waals surface area contributed by atoms with E-state index in [0.29, 0.717) is 18.0 Å². The van der Waals surface area contributed by atoms with Gasteiger partial charge in [-0.2, -0.15) is 5.06 Å². The van der Waals surface area contributed by atoms with E-state index < -0.39 is 0 Å². The second kappa shape index (κ2) is 4.90. The van der Waals surface area contributed by atoms with Gasteiger partial charge in [-0.15, -0.1) is 0 Å². The summed E-state index contributed by atoms with van der Waals surface area (Å²) in [4.78, 5) is 6.31. The highest BCUT2D eigenvalue weighted by Gasteiger charge is 2.52. The van der Waals surface area contributed by atoms with E-state index in [4.69, 9.17) is 12.7 Å².